The van der Waals surface area contributed by atoms with Crippen LogP contribution in [0.4, 0.5) is 17.6 Å². The Kier molecular flexibility index (Phi) is 6.09. The van der Waals surface area contributed by atoms with Crippen LogP contribution in [0.1, 0.15) is 42.5 Å². The van der Waals surface area contributed by atoms with E-state index in [2.05, 4.69) is 10.3 Å². The quantitative estimate of drug-likeness (QED) is 0.563. The molecule has 1 amide bonds. The molecule has 1 atom stereocenters. The summed E-state index contributed by atoms with van der Waals surface area (Å²) in [4.78, 5) is 16.5. The molecule has 3 aromatic rings. The second-order valence-corrected chi connectivity index (χ2v) is 7.70. The highest BCUT2D eigenvalue weighted by molar-refractivity contribution is 5.97. The first-order chi connectivity index (χ1) is 14.5. The van der Waals surface area contributed by atoms with Crippen molar-refractivity contribution in [2.45, 2.75) is 39.1 Å². The number of aryl methyl sites for hydroxylation is 1. The minimum absolute atomic E-state index is 0.0580. The summed E-state index contributed by atoms with van der Waals surface area (Å²) in [5, 5.41) is 13.7. The molecule has 1 heterocycles. The summed E-state index contributed by atoms with van der Waals surface area (Å²) in [6.45, 7) is 6.00. The van der Waals surface area contributed by atoms with E-state index < -0.39 is 29.0 Å². The average Bonchev–Trinajstić information content (AvgIpc) is 3.09. The van der Waals surface area contributed by atoms with Crippen molar-refractivity contribution in [1.82, 2.24) is 14.9 Å². The smallest absolute Gasteiger partial charge is 0.370 e. The first-order valence-electron chi connectivity index (χ1n) is 9.83. The van der Waals surface area contributed by atoms with Crippen LogP contribution in [0.5, 0.6) is 0 Å². The maximum Gasteiger partial charge on any atom is 0.428 e. The van der Waals surface area contributed by atoms with E-state index in [0.29, 0.717) is 6.54 Å². The van der Waals surface area contributed by atoms with Crippen molar-refractivity contribution in [3.05, 3.63) is 65.2 Å². The van der Waals surface area contributed by atoms with Crippen molar-refractivity contribution in [2.75, 3.05) is 6.54 Å². The molecule has 3 rings (SSSR count). The highest BCUT2D eigenvalue weighted by Gasteiger charge is 2.59. The van der Waals surface area contributed by atoms with Crippen LogP contribution in [0, 0.1) is 11.7 Å². The van der Waals surface area contributed by atoms with Gasteiger partial charge >= 0.3 is 6.18 Å². The van der Waals surface area contributed by atoms with Gasteiger partial charge in [0.2, 0.25) is 5.60 Å². The van der Waals surface area contributed by atoms with Gasteiger partial charge < -0.3 is 15.0 Å². The number of imidazole rings is 1. The van der Waals surface area contributed by atoms with Gasteiger partial charge in [0.1, 0.15) is 5.82 Å². The summed E-state index contributed by atoms with van der Waals surface area (Å²) in [6, 6.07) is 7.83. The number of amides is 1. The van der Waals surface area contributed by atoms with Gasteiger partial charge in [0.25, 0.3) is 5.91 Å². The molecule has 0 radical (unpaired) electrons. The Morgan fingerprint density at radius 2 is 1.81 bits per heavy atom. The van der Waals surface area contributed by atoms with E-state index in [-0.39, 0.29) is 35.0 Å². The van der Waals surface area contributed by atoms with Crippen LogP contribution in [-0.4, -0.2) is 33.3 Å². The van der Waals surface area contributed by atoms with Gasteiger partial charge in [-0.25, -0.2) is 9.37 Å². The molecule has 0 spiro atoms. The predicted molar refractivity (Wildman–Crippen MR) is 108 cm³/mol. The van der Waals surface area contributed by atoms with Crippen molar-refractivity contribution in [3.8, 4) is 0 Å². The number of halogens is 4. The third-order valence-corrected chi connectivity index (χ3v) is 4.99. The third kappa shape index (κ3) is 4.14. The molecule has 1 aromatic heterocycles. The maximum atomic E-state index is 14.1. The number of benzene rings is 2. The zero-order valence-electron chi connectivity index (χ0n) is 17.3. The van der Waals surface area contributed by atoms with Crippen LogP contribution < -0.4 is 5.32 Å². The Morgan fingerprint density at radius 1 is 1.16 bits per heavy atom. The van der Waals surface area contributed by atoms with Crippen LogP contribution in [0.25, 0.3) is 11.0 Å². The van der Waals surface area contributed by atoms with Gasteiger partial charge in [-0.1, -0.05) is 26.0 Å². The monoisotopic (exact) mass is 437 g/mol. The van der Waals surface area contributed by atoms with E-state index in [9.17, 15) is 27.5 Å². The van der Waals surface area contributed by atoms with E-state index in [1.807, 2.05) is 13.8 Å². The van der Waals surface area contributed by atoms with Gasteiger partial charge in [0.15, 0.2) is 5.82 Å². The SMILES string of the molecule is CCn1c(C(O)(c2ccc(F)cc2)C(F)(F)F)nc2ccc(C(=O)NCC(C)C)cc21. The number of hydrogen-bond donors (Lipinski definition) is 2. The highest BCUT2D eigenvalue weighted by atomic mass is 19.4. The standard InChI is InChI=1S/C22H23F4N3O2/c1-4-29-18-11-14(19(30)27-12-13(2)3)5-10-17(18)28-20(29)21(31,22(24,25)26)15-6-8-16(23)9-7-15/h5-11,13,31H,4,12H2,1-3H3,(H,27,30). The molecule has 5 nitrogen and oxygen atoms in total. The average molecular weight is 437 g/mol. The number of carbonyl (C=O) groups is 1. The molecule has 0 aliphatic heterocycles. The molecule has 0 saturated carbocycles. The molecule has 31 heavy (non-hydrogen) atoms. The molecular weight excluding hydrogens is 414 g/mol. The number of nitrogens with zero attached hydrogens (tertiary/aromatic N) is 2. The Morgan fingerprint density at radius 3 is 2.35 bits per heavy atom. The minimum atomic E-state index is -5.13. The zero-order valence-corrected chi connectivity index (χ0v) is 17.3. The topological polar surface area (TPSA) is 67.1 Å². The van der Waals surface area contributed by atoms with Crippen molar-refractivity contribution >= 4 is 16.9 Å². The maximum absolute atomic E-state index is 14.1. The van der Waals surface area contributed by atoms with Crippen molar-refractivity contribution in [1.29, 1.82) is 0 Å². The van der Waals surface area contributed by atoms with E-state index in [1.54, 1.807) is 6.92 Å². The van der Waals surface area contributed by atoms with Gasteiger partial charge in [-0.05, 0) is 43.2 Å². The number of aliphatic hydroxyl groups is 1. The number of hydrogen-bond acceptors (Lipinski definition) is 3. The number of nitrogens with one attached hydrogen (secondary N) is 1. The first-order valence-corrected chi connectivity index (χ1v) is 9.83. The lowest BCUT2D eigenvalue weighted by molar-refractivity contribution is -0.252. The van der Waals surface area contributed by atoms with E-state index in [0.717, 1.165) is 24.3 Å². The lowest BCUT2D eigenvalue weighted by atomic mass is 9.92. The third-order valence-electron chi connectivity index (χ3n) is 4.99. The molecule has 9 heteroatoms. The summed E-state index contributed by atoms with van der Waals surface area (Å²) in [6.07, 6.45) is -5.13. The molecule has 2 N–H and O–H groups in total. The van der Waals surface area contributed by atoms with Gasteiger partial charge in [-0.15, -0.1) is 0 Å². The lowest BCUT2D eigenvalue weighted by Crippen LogP contribution is -2.45. The summed E-state index contributed by atoms with van der Waals surface area (Å²) >= 11 is 0. The molecule has 0 aliphatic rings. The molecular formula is C22H23F4N3O2. The number of fused-ring (bicyclic) bond motifs is 1. The Bertz CT molecular complexity index is 1090. The fourth-order valence-corrected chi connectivity index (χ4v) is 3.37. The van der Waals surface area contributed by atoms with Crippen molar-refractivity contribution in [3.63, 3.8) is 0 Å². The number of rotatable bonds is 6. The molecule has 0 fully saturated rings. The molecule has 166 valence electrons. The fourth-order valence-electron chi connectivity index (χ4n) is 3.37. The van der Waals surface area contributed by atoms with Crippen LogP contribution in [0.15, 0.2) is 42.5 Å². The number of aromatic nitrogens is 2. The van der Waals surface area contributed by atoms with Gasteiger partial charge in [-0.2, -0.15) is 13.2 Å². The Hall–Kier alpha value is -2.94. The van der Waals surface area contributed by atoms with Crippen LogP contribution >= 0.6 is 0 Å². The molecule has 1 unspecified atom stereocenters. The summed E-state index contributed by atoms with van der Waals surface area (Å²) < 4.78 is 56.9. The van der Waals surface area contributed by atoms with E-state index >= 15 is 0 Å². The number of alkyl halides is 3. The lowest BCUT2D eigenvalue weighted by Gasteiger charge is -2.30. The molecule has 0 saturated heterocycles. The van der Waals surface area contributed by atoms with Crippen LogP contribution in [0.2, 0.25) is 0 Å². The second-order valence-electron chi connectivity index (χ2n) is 7.70. The largest absolute Gasteiger partial charge is 0.428 e. The van der Waals surface area contributed by atoms with Crippen molar-refractivity contribution < 1.29 is 27.5 Å². The van der Waals surface area contributed by atoms with Crippen LogP contribution in [0.3, 0.4) is 0 Å². The second kappa shape index (κ2) is 8.30. The minimum Gasteiger partial charge on any atom is -0.370 e. The normalized spacial score (nSPS) is 14.1. The summed E-state index contributed by atoms with van der Waals surface area (Å²) in [5.41, 5.74) is -3.27. The first kappa shape index (κ1) is 22.7. The molecule has 2 aromatic carbocycles. The summed E-state index contributed by atoms with van der Waals surface area (Å²) in [5.74, 6) is -1.50. The van der Waals surface area contributed by atoms with Gasteiger partial charge in [0.05, 0.1) is 11.0 Å². The fraction of sp³-hybridized carbons (Fsp3) is 0.364. The molecule has 0 aliphatic carbocycles. The van der Waals surface area contributed by atoms with E-state index in [1.165, 1.54) is 22.8 Å². The summed E-state index contributed by atoms with van der Waals surface area (Å²) in [7, 11) is 0. The van der Waals surface area contributed by atoms with Crippen LogP contribution in [-0.2, 0) is 12.1 Å². The van der Waals surface area contributed by atoms with Gasteiger partial charge in [0, 0.05) is 24.2 Å². The van der Waals surface area contributed by atoms with Gasteiger partial charge in [-0.3, -0.25) is 4.79 Å². The highest BCUT2D eigenvalue weighted by Crippen LogP contribution is 2.44. The Balaban J connectivity index is 2.18. The number of carbonyl (C=O) groups excluding carboxylic acids is 1. The van der Waals surface area contributed by atoms with E-state index in [4.69, 9.17) is 0 Å². The predicted octanol–water partition coefficient (Wildman–Crippen LogP) is 4.38. The zero-order chi connectivity index (χ0) is 23.0. The molecule has 0 bridgehead atoms. The Labute approximate surface area is 176 Å². The van der Waals surface area contributed by atoms with Crippen molar-refractivity contribution in [2.24, 2.45) is 5.92 Å².